The Morgan fingerprint density at radius 3 is 2.67 bits per heavy atom. The van der Waals surface area contributed by atoms with Gasteiger partial charge >= 0.3 is 5.69 Å². The first kappa shape index (κ1) is 12.0. The molecular formula is C10H8FN3O4. The third kappa shape index (κ3) is 2.26. The fourth-order valence-corrected chi connectivity index (χ4v) is 1.62. The lowest BCUT2D eigenvalue weighted by atomic mass is 10.2. The Morgan fingerprint density at radius 2 is 2.17 bits per heavy atom. The van der Waals surface area contributed by atoms with Gasteiger partial charge in [-0.05, 0) is 6.07 Å². The maximum absolute atomic E-state index is 13.3. The first-order valence-corrected chi connectivity index (χ1v) is 5.01. The van der Waals surface area contributed by atoms with E-state index in [1.165, 1.54) is 6.07 Å². The number of nitro benzene ring substituents is 1. The minimum absolute atomic E-state index is 0.0442. The van der Waals surface area contributed by atoms with Crippen molar-refractivity contribution in [3.05, 3.63) is 34.1 Å². The second-order valence-electron chi connectivity index (χ2n) is 3.74. The summed E-state index contributed by atoms with van der Waals surface area (Å²) in [6.45, 7) is 0. The van der Waals surface area contributed by atoms with Crippen molar-refractivity contribution < 1.29 is 18.9 Å². The highest BCUT2D eigenvalue weighted by Crippen LogP contribution is 2.22. The summed E-state index contributed by atoms with van der Waals surface area (Å²) in [5.41, 5.74) is -0.444. The number of nitrogens with one attached hydrogen (secondary N) is 2. The van der Waals surface area contributed by atoms with Crippen LogP contribution in [0.25, 0.3) is 0 Å². The average molecular weight is 253 g/mol. The summed E-state index contributed by atoms with van der Waals surface area (Å²) in [7, 11) is 0. The van der Waals surface area contributed by atoms with Gasteiger partial charge in [0.1, 0.15) is 6.04 Å². The van der Waals surface area contributed by atoms with E-state index in [0.717, 1.165) is 12.1 Å². The molecule has 1 saturated heterocycles. The minimum atomic E-state index is -1.00. The number of nitro groups is 1. The molecule has 1 aliphatic rings. The standard InChI is InChI=1S/C10H8FN3O4/c11-6-3-5(1-2-8(6)14(17)18)12-7-4-9(15)13-10(7)16/h1-3,7,12H,4H2,(H,13,15,16). The number of hydrogen-bond acceptors (Lipinski definition) is 5. The first-order chi connectivity index (χ1) is 8.47. The van der Waals surface area contributed by atoms with E-state index >= 15 is 0 Å². The van der Waals surface area contributed by atoms with Crippen LogP contribution in [0.15, 0.2) is 18.2 Å². The summed E-state index contributed by atoms with van der Waals surface area (Å²) in [4.78, 5) is 31.7. The van der Waals surface area contributed by atoms with E-state index in [1.54, 1.807) is 0 Å². The van der Waals surface area contributed by atoms with Crippen LogP contribution in [0.4, 0.5) is 15.8 Å². The third-order valence-corrected chi connectivity index (χ3v) is 2.45. The maximum Gasteiger partial charge on any atom is 0.304 e. The number of imide groups is 1. The Kier molecular flexibility index (Phi) is 2.92. The Bertz CT molecular complexity index is 546. The van der Waals surface area contributed by atoms with Crippen molar-refractivity contribution in [2.24, 2.45) is 0 Å². The molecule has 2 rings (SSSR count). The van der Waals surface area contributed by atoms with Crippen LogP contribution in [0.1, 0.15) is 6.42 Å². The zero-order chi connectivity index (χ0) is 13.3. The fraction of sp³-hybridized carbons (Fsp3) is 0.200. The van der Waals surface area contributed by atoms with Crippen LogP contribution in [0.3, 0.4) is 0 Å². The van der Waals surface area contributed by atoms with Crippen molar-refractivity contribution in [2.45, 2.75) is 12.5 Å². The van der Waals surface area contributed by atoms with Gasteiger partial charge in [-0.25, -0.2) is 0 Å². The van der Waals surface area contributed by atoms with Crippen molar-refractivity contribution >= 4 is 23.2 Å². The Balaban J connectivity index is 2.16. The summed E-state index contributed by atoms with van der Waals surface area (Å²) >= 11 is 0. The van der Waals surface area contributed by atoms with Crippen LogP contribution in [0.2, 0.25) is 0 Å². The molecule has 0 aromatic heterocycles. The largest absolute Gasteiger partial charge is 0.373 e. The van der Waals surface area contributed by atoms with E-state index in [-0.39, 0.29) is 12.1 Å². The lowest BCUT2D eigenvalue weighted by molar-refractivity contribution is -0.387. The molecule has 0 saturated carbocycles. The number of anilines is 1. The quantitative estimate of drug-likeness (QED) is 0.465. The first-order valence-electron chi connectivity index (χ1n) is 5.01. The smallest absolute Gasteiger partial charge is 0.304 e. The highest BCUT2D eigenvalue weighted by molar-refractivity contribution is 6.06. The molecule has 1 aromatic rings. The molecule has 7 nitrogen and oxygen atoms in total. The molecule has 94 valence electrons. The molecule has 18 heavy (non-hydrogen) atoms. The zero-order valence-corrected chi connectivity index (χ0v) is 8.97. The Labute approximate surface area is 100 Å². The molecule has 0 spiro atoms. The van der Waals surface area contributed by atoms with E-state index in [0.29, 0.717) is 0 Å². The van der Waals surface area contributed by atoms with Gasteiger partial charge in [-0.1, -0.05) is 0 Å². The number of amides is 2. The molecule has 2 amide bonds. The molecule has 0 bridgehead atoms. The Morgan fingerprint density at radius 1 is 1.44 bits per heavy atom. The van der Waals surface area contributed by atoms with Crippen LogP contribution in [-0.2, 0) is 9.59 Å². The average Bonchev–Trinajstić information content (AvgIpc) is 2.57. The monoisotopic (exact) mass is 253 g/mol. The van der Waals surface area contributed by atoms with Crippen LogP contribution < -0.4 is 10.6 Å². The second kappa shape index (κ2) is 4.40. The molecule has 1 fully saturated rings. The SMILES string of the molecule is O=C1CC(Nc2ccc([N+](=O)[O-])c(F)c2)C(=O)N1. The molecule has 1 unspecified atom stereocenters. The second-order valence-corrected chi connectivity index (χ2v) is 3.74. The predicted octanol–water partition coefficient (Wildman–Crippen LogP) is 0.561. The number of nitrogens with zero attached hydrogens (tertiary/aromatic N) is 1. The summed E-state index contributed by atoms with van der Waals surface area (Å²) in [6, 6.07) is 2.40. The summed E-state index contributed by atoms with van der Waals surface area (Å²) in [5, 5.41) is 15.1. The molecular weight excluding hydrogens is 245 g/mol. The zero-order valence-electron chi connectivity index (χ0n) is 8.97. The van der Waals surface area contributed by atoms with Crippen molar-refractivity contribution in [3.63, 3.8) is 0 Å². The van der Waals surface area contributed by atoms with Crippen molar-refractivity contribution in [1.82, 2.24) is 5.32 Å². The van der Waals surface area contributed by atoms with E-state index in [4.69, 9.17) is 0 Å². The molecule has 0 radical (unpaired) electrons. The van der Waals surface area contributed by atoms with Gasteiger partial charge in [0, 0.05) is 17.8 Å². The van der Waals surface area contributed by atoms with E-state index in [9.17, 15) is 24.1 Å². The van der Waals surface area contributed by atoms with Crippen LogP contribution in [0, 0.1) is 15.9 Å². The highest BCUT2D eigenvalue weighted by Gasteiger charge is 2.30. The molecule has 8 heteroatoms. The van der Waals surface area contributed by atoms with Gasteiger partial charge in [-0.2, -0.15) is 4.39 Å². The van der Waals surface area contributed by atoms with Crippen molar-refractivity contribution in [3.8, 4) is 0 Å². The Hall–Kier alpha value is -2.51. The van der Waals surface area contributed by atoms with Gasteiger partial charge in [0.05, 0.1) is 11.3 Å². The number of carbonyl (C=O) groups excluding carboxylic acids is 2. The normalized spacial score (nSPS) is 18.6. The van der Waals surface area contributed by atoms with Crippen LogP contribution in [0.5, 0.6) is 0 Å². The van der Waals surface area contributed by atoms with Gasteiger partial charge in [-0.15, -0.1) is 0 Å². The van der Waals surface area contributed by atoms with Gasteiger partial charge in [0.2, 0.25) is 17.6 Å². The summed E-state index contributed by atoms with van der Waals surface area (Å²) in [5.74, 6) is -1.92. The number of rotatable bonds is 3. The van der Waals surface area contributed by atoms with Gasteiger partial charge in [0.25, 0.3) is 0 Å². The van der Waals surface area contributed by atoms with Crippen molar-refractivity contribution in [2.75, 3.05) is 5.32 Å². The van der Waals surface area contributed by atoms with Gasteiger partial charge in [0.15, 0.2) is 0 Å². The van der Waals surface area contributed by atoms with Crippen LogP contribution in [-0.4, -0.2) is 22.8 Å². The summed E-state index contributed by atoms with van der Waals surface area (Å²) in [6.07, 6.45) is -0.0442. The fourth-order valence-electron chi connectivity index (χ4n) is 1.62. The van der Waals surface area contributed by atoms with E-state index in [2.05, 4.69) is 10.6 Å². The number of halogens is 1. The molecule has 2 N–H and O–H groups in total. The van der Waals surface area contributed by atoms with Crippen LogP contribution >= 0.6 is 0 Å². The van der Waals surface area contributed by atoms with Gasteiger partial charge < -0.3 is 5.32 Å². The van der Waals surface area contributed by atoms with Gasteiger partial charge in [-0.3, -0.25) is 25.0 Å². The number of carbonyl (C=O) groups is 2. The van der Waals surface area contributed by atoms with Crippen molar-refractivity contribution in [1.29, 1.82) is 0 Å². The maximum atomic E-state index is 13.3. The van der Waals surface area contributed by atoms with E-state index < -0.39 is 34.3 Å². The minimum Gasteiger partial charge on any atom is -0.373 e. The highest BCUT2D eigenvalue weighted by atomic mass is 19.1. The third-order valence-electron chi connectivity index (χ3n) is 2.45. The molecule has 1 aromatic carbocycles. The topological polar surface area (TPSA) is 101 Å². The molecule has 0 aliphatic carbocycles. The summed E-state index contributed by atoms with van der Waals surface area (Å²) < 4.78 is 13.3. The predicted molar refractivity (Wildman–Crippen MR) is 58.2 cm³/mol. The number of hydrogen-bond donors (Lipinski definition) is 2. The molecule has 1 aliphatic heterocycles. The molecule has 1 heterocycles. The lowest BCUT2D eigenvalue weighted by Gasteiger charge is -2.10. The molecule has 1 atom stereocenters. The number of benzene rings is 1. The van der Waals surface area contributed by atoms with E-state index in [1.807, 2.05) is 0 Å². The lowest BCUT2D eigenvalue weighted by Crippen LogP contribution is -2.30.